The molecule has 0 amide bonds. The molecule has 1 saturated carbocycles. The van der Waals surface area contributed by atoms with Gasteiger partial charge in [0.1, 0.15) is 5.58 Å². The molecule has 0 spiro atoms. The van der Waals surface area contributed by atoms with Gasteiger partial charge in [-0.05, 0) is 66.3 Å². The van der Waals surface area contributed by atoms with Gasteiger partial charge in [0.05, 0.1) is 5.69 Å². The molecule has 3 heteroatoms. The minimum atomic E-state index is 0.651. The zero-order valence-electron chi connectivity index (χ0n) is 17.4. The first-order valence-corrected chi connectivity index (χ1v) is 11.2. The van der Waals surface area contributed by atoms with Crippen LogP contribution in [0.1, 0.15) is 43.6 Å². The molecule has 0 radical (unpaired) electrons. The summed E-state index contributed by atoms with van der Waals surface area (Å²) in [6, 6.07) is 23.4. The molecule has 0 N–H and O–H groups in total. The Morgan fingerprint density at radius 2 is 1.65 bits per heavy atom. The van der Waals surface area contributed by atoms with Gasteiger partial charge in [-0.2, -0.15) is 0 Å². The van der Waals surface area contributed by atoms with Crippen molar-refractivity contribution in [3.63, 3.8) is 0 Å². The Morgan fingerprint density at radius 1 is 0.774 bits per heavy atom. The summed E-state index contributed by atoms with van der Waals surface area (Å²) in [7, 11) is 0. The molecule has 1 aliphatic carbocycles. The highest BCUT2D eigenvalue weighted by Crippen LogP contribution is 2.42. The van der Waals surface area contributed by atoms with Gasteiger partial charge < -0.3 is 4.42 Å². The Labute approximate surface area is 181 Å². The van der Waals surface area contributed by atoms with E-state index in [1.54, 1.807) is 6.20 Å². The van der Waals surface area contributed by atoms with Crippen molar-refractivity contribution >= 4 is 22.1 Å². The number of hydrogen-bond donors (Lipinski definition) is 0. The summed E-state index contributed by atoms with van der Waals surface area (Å²) in [5.74, 6) is 0.651. The first kappa shape index (κ1) is 18.3. The Kier molecular flexibility index (Phi) is 4.53. The molecule has 0 bridgehead atoms. The van der Waals surface area contributed by atoms with E-state index in [-0.39, 0.29) is 0 Å². The van der Waals surface area contributed by atoms with Gasteiger partial charge >= 0.3 is 0 Å². The van der Waals surface area contributed by atoms with E-state index < -0.39 is 0 Å². The van der Waals surface area contributed by atoms with Crippen molar-refractivity contribution < 1.29 is 4.42 Å². The van der Waals surface area contributed by atoms with Crippen molar-refractivity contribution in [3.05, 3.63) is 84.7 Å². The van der Waals surface area contributed by atoms with Crippen LogP contribution in [0.5, 0.6) is 0 Å². The van der Waals surface area contributed by atoms with Gasteiger partial charge in [0.2, 0.25) is 5.71 Å². The van der Waals surface area contributed by atoms with Gasteiger partial charge in [0.15, 0.2) is 0 Å². The van der Waals surface area contributed by atoms with Crippen molar-refractivity contribution in [2.75, 3.05) is 0 Å². The highest BCUT2D eigenvalue weighted by Gasteiger charge is 2.20. The van der Waals surface area contributed by atoms with Crippen LogP contribution in [-0.4, -0.2) is 9.97 Å². The van der Waals surface area contributed by atoms with Crippen molar-refractivity contribution in [2.45, 2.75) is 38.0 Å². The van der Waals surface area contributed by atoms with Crippen LogP contribution in [0.25, 0.3) is 44.5 Å². The molecule has 0 unspecified atom stereocenters. The lowest BCUT2D eigenvalue weighted by Crippen LogP contribution is -2.05. The maximum atomic E-state index is 6.09. The van der Waals surface area contributed by atoms with E-state index in [1.807, 2.05) is 12.3 Å². The molecule has 0 aliphatic heterocycles. The van der Waals surface area contributed by atoms with E-state index in [1.165, 1.54) is 43.2 Å². The normalized spacial score (nSPS) is 15.0. The fourth-order valence-electron chi connectivity index (χ4n) is 5.10. The molecule has 5 aromatic rings. The van der Waals surface area contributed by atoms with Crippen molar-refractivity contribution in [2.24, 2.45) is 0 Å². The second kappa shape index (κ2) is 7.66. The summed E-state index contributed by atoms with van der Waals surface area (Å²) in [4.78, 5) is 9.26. The first-order valence-electron chi connectivity index (χ1n) is 11.2. The number of fused-ring (bicyclic) bond motifs is 3. The van der Waals surface area contributed by atoms with Gasteiger partial charge in [-0.15, -0.1) is 0 Å². The predicted octanol–water partition coefficient (Wildman–Crippen LogP) is 7.76. The molecule has 3 nitrogen and oxygen atoms in total. The third kappa shape index (κ3) is 3.21. The summed E-state index contributed by atoms with van der Waals surface area (Å²) in [6.45, 7) is 0. The molecule has 3 aromatic heterocycles. The van der Waals surface area contributed by atoms with Gasteiger partial charge in [-0.25, -0.2) is 4.98 Å². The molecule has 3 heterocycles. The number of furan rings is 1. The van der Waals surface area contributed by atoms with E-state index in [9.17, 15) is 0 Å². The third-order valence-electron chi connectivity index (χ3n) is 6.61. The molecule has 1 aliphatic rings. The van der Waals surface area contributed by atoms with E-state index >= 15 is 0 Å². The van der Waals surface area contributed by atoms with Crippen LogP contribution >= 0.6 is 0 Å². The Balaban J connectivity index is 1.61. The zero-order valence-corrected chi connectivity index (χ0v) is 17.4. The number of aromatic nitrogens is 2. The lowest BCUT2D eigenvalue weighted by atomic mass is 9.83. The molecule has 6 rings (SSSR count). The predicted molar refractivity (Wildman–Crippen MR) is 126 cm³/mol. The first-order chi connectivity index (χ1) is 15.4. The third-order valence-corrected chi connectivity index (χ3v) is 6.61. The van der Waals surface area contributed by atoms with E-state index in [0.29, 0.717) is 11.6 Å². The smallest absolute Gasteiger partial charge is 0.227 e. The van der Waals surface area contributed by atoms with Gasteiger partial charge in [-0.3, -0.25) is 4.98 Å². The lowest BCUT2D eigenvalue weighted by Gasteiger charge is -2.22. The van der Waals surface area contributed by atoms with E-state index in [0.717, 1.165) is 33.2 Å². The maximum Gasteiger partial charge on any atom is 0.227 e. The van der Waals surface area contributed by atoms with Gasteiger partial charge in [-0.1, -0.05) is 49.6 Å². The van der Waals surface area contributed by atoms with Crippen molar-refractivity contribution in [1.29, 1.82) is 0 Å². The number of benzene rings is 2. The highest BCUT2D eigenvalue weighted by atomic mass is 16.3. The summed E-state index contributed by atoms with van der Waals surface area (Å²) in [5, 5.41) is 2.15. The second-order valence-corrected chi connectivity index (χ2v) is 8.49. The number of pyridine rings is 2. The van der Waals surface area contributed by atoms with Crippen LogP contribution in [0.15, 0.2) is 83.5 Å². The molecule has 2 aromatic carbocycles. The molecule has 152 valence electrons. The Hall–Kier alpha value is -3.46. The van der Waals surface area contributed by atoms with Gasteiger partial charge in [0.25, 0.3) is 0 Å². The number of rotatable bonds is 3. The van der Waals surface area contributed by atoms with Crippen LogP contribution in [0.3, 0.4) is 0 Å². The summed E-state index contributed by atoms with van der Waals surface area (Å²) in [6.07, 6.45) is 10.4. The average molecular weight is 405 g/mol. The fraction of sp³-hybridized carbons (Fsp3) is 0.214. The van der Waals surface area contributed by atoms with Crippen LogP contribution < -0.4 is 0 Å². The lowest BCUT2D eigenvalue weighted by molar-refractivity contribution is 0.443. The van der Waals surface area contributed by atoms with Crippen LogP contribution in [0.2, 0.25) is 0 Å². The second-order valence-electron chi connectivity index (χ2n) is 8.49. The molecule has 31 heavy (non-hydrogen) atoms. The topological polar surface area (TPSA) is 38.9 Å². The Morgan fingerprint density at radius 3 is 2.52 bits per heavy atom. The largest absolute Gasteiger partial charge is 0.438 e. The summed E-state index contributed by atoms with van der Waals surface area (Å²) < 4.78 is 6.09. The van der Waals surface area contributed by atoms with E-state index in [2.05, 4.69) is 65.6 Å². The summed E-state index contributed by atoms with van der Waals surface area (Å²) in [5.41, 5.74) is 7.46. The number of hydrogen-bond acceptors (Lipinski definition) is 3. The van der Waals surface area contributed by atoms with Gasteiger partial charge in [0, 0.05) is 34.3 Å². The molecule has 0 saturated heterocycles. The SMILES string of the molecule is c1ccc(-c2c(-c3cc(C4CCCCC4)ccn3)ccc3oc4ncccc4c23)cc1. The molecule has 0 atom stereocenters. The zero-order chi connectivity index (χ0) is 20.6. The fourth-order valence-corrected chi connectivity index (χ4v) is 5.10. The monoisotopic (exact) mass is 404 g/mol. The summed E-state index contributed by atoms with van der Waals surface area (Å²) >= 11 is 0. The van der Waals surface area contributed by atoms with Crippen LogP contribution in [0, 0.1) is 0 Å². The quantitative estimate of drug-likeness (QED) is 0.308. The van der Waals surface area contributed by atoms with Crippen molar-refractivity contribution in [3.8, 4) is 22.4 Å². The maximum absolute atomic E-state index is 6.09. The molecule has 1 fully saturated rings. The number of nitrogens with zero attached hydrogens (tertiary/aromatic N) is 2. The minimum Gasteiger partial charge on any atom is -0.438 e. The Bertz CT molecular complexity index is 1360. The van der Waals surface area contributed by atoms with Crippen molar-refractivity contribution in [1.82, 2.24) is 9.97 Å². The van der Waals surface area contributed by atoms with Crippen LogP contribution in [-0.2, 0) is 0 Å². The van der Waals surface area contributed by atoms with Crippen LogP contribution in [0.4, 0.5) is 0 Å². The molecular formula is C28H24N2O. The minimum absolute atomic E-state index is 0.651. The standard InChI is InChI=1S/C28H24N2O/c1-3-8-19(9-4-1)21-15-17-29-24(18-21)22-13-14-25-27(23-12-7-16-30-28(23)31-25)26(22)20-10-5-2-6-11-20/h2,5-7,10-19H,1,3-4,8-9H2. The molecular weight excluding hydrogens is 380 g/mol. The average Bonchev–Trinajstić information content (AvgIpc) is 3.23. The highest BCUT2D eigenvalue weighted by molar-refractivity contribution is 6.14. The van der Waals surface area contributed by atoms with E-state index in [4.69, 9.17) is 9.40 Å².